The van der Waals surface area contributed by atoms with E-state index < -0.39 is 0 Å². The normalized spacial score (nSPS) is 15.9. The minimum atomic E-state index is -0.232. The zero-order valence-corrected chi connectivity index (χ0v) is 16.1. The Hall–Kier alpha value is -2.72. The number of hydrogen-bond donors (Lipinski definition) is 1. The van der Waals surface area contributed by atoms with Gasteiger partial charge in [-0.15, -0.1) is 0 Å². The molecule has 2 aromatic carbocycles. The van der Waals surface area contributed by atoms with E-state index in [0.717, 1.165) is 22.5 Å². The molecule has 0 fully saturated rings. The van der Waals surface area contributed by atoms with Crippen molar-refractivity contribution in [2.45, 2.75) is 32.5 Å². The quantitative estimate of drug-likeness (QED) is 0.656. The van der Waals surface area contributed by atoms with Crippen molar-refractivity contribution in [3.63, 3.8) is 0 Å². The molecule has 2 heterocycles. The lowest BCUT2D eigenvalue weighted by molar-refractivity contribution is 0.178. The highest BCUT2D eigenvalue weighted by Gasteiger charge is 2.33. The molecule has 1 aliphatic rings. The summed E-state index contributed by atoms with van der Waals surface area (Å²) in [7, 11) is 0. The van der Waals surface area contributed by atoms with Gasteiger partial charge >= 0.3 is 6.03 Å². The van der Waals surface area contributed by atoms with Gasteiger partial charge in [0.1, 0.15) is 0 Å². The Kier molecular flexibility index (Phi) is 4.66. The number of rotatable bonds is 2. The molecule has 0 radical (unpaired) electrons. The lowest BCUT2D eigenvalue weighted by Gasteiger charge is -2.31. The molecule has 138 valence electrons. The number of benzene rings is 2. The molecule has 0 bridgehead atoms. The number of carbonyl (C=O) groups excluding carboxylic acids is 1. The number of aromatic nitrogens is 1. The van der Waals surface area contributed by atoms with Gasteiger partial charge in [0.2, 0.25) is 0 Å². The third-order valence-electron chi connectivity index (χ3n) is 4.80. The molecule has 0 saturated carbocycles. The fraction of sp³-hybridized carbons (Fsp3) is 0.227. The second-order valence-corrected chi connectivity index (χ2v) is 7.56. The number of nitrogens with one attached hydrogen (secondary N) is 1. The molecule has 0 aliphatic carbocycles. The maximum atomic E-state index is 13.1. The SMILES string of the molecule is CC(C)NC(=O)N1Cc2ccccc2-n2cccc2C1c1cccc(Cl)c1. The van der Waals surface area contributed by atoms with Crippen LogP contribution in [-0.4, -0.2) is 21.5 Å². The number of nitrogens with zero attached hydrogens (tertiary/aromatic N) is 2. The van der Waals surface area contributed by atoms with Gasteiger partial charge in [-0.05, 0) is 55.3 Å². The fourth-order valence-corrected chi connectivity index (χ4v) is 3.90. The highest BCUT2D eigenvalue weighted by atomic mass is 35.5. The van der Waals surface area contributed by atoms with Gasteiger partial charge in [-0.3, -0.25) is 0 Å². The first kappa shape index (κ1) is 17.7. The van der Waals surface area contributed by atoms with E-state index in [0.29, 0.717) is 11.6 Å². The third kappa shape index (κ3) is 3.33. The highest BCUT2D eigenvalue weighted by molar-refractivity contribution is 6.30. The Morgan fingerprint density at radius 2 is 1.93 bits per heavy atom. The van der Waals surface area contributed by atoms with Crippen LogP contribution in [0.3, 0.4) is 0 Å². The van der Waals surface area contributed by atoms with Crippen LogP contribution >= 0.6 is 11.6 Å². The molecule has 5 heteroatoms. The van der Waals surface area contributed by atoms with Crippen LogP contribution in [0.15, 0.2) is 66.9 Å². The van der Waals surface area contributed by atoms with Crippen LogP contribution < -0.4 is 5.32 Å². The van der Waals surface area contributed by atoms with E-state index in [1.54, 1.807) is 0 Å². The molecule has 4 rings (SSSR count). The van der Waals surface area contributed by atoms with Crippen LogP contribution in [0.4, 0.5) is 4.79 Å². The Bertz CT molecular complexity index is 979. The zero-order chi connectivity index (χ0) is 19.0. The molecule has 4 nitrogen and oxygen atoms in total. The summed E-state index contributed by atoms with van der Waals surface area (Å²) in [6.45, 7) is 4.47. The minimum absolute atomic E-state index is 0.0581. The Morgan fingerprint density at radius 3 is 2.70 bits per heavy atom. The zero-order valence-electron chi connectivity index (χ0n) is 15.4. The van der Waals surface area contributed by atoms with E-state index in [1.165, 1.54) is 0 Å². The topological polar surface area (TPSA) is 37.3 Å². The molecule has 1 unspecified atom stereocenters. The van der Waals surface area contributed by atoms with Crippen molar-refractivity contribution in [3.05, 3.63) is 88.7 Å². The van der Waals surface area contributed by atoms with Crippen molar-refractivity contribution in [3.8, 4) is 5.69 Å². The molecule has 1 aliphatic heterocycles. The Labute approximate surface area is 164 Å². The van der Waals surface area contributed by atoms with Crippen molar-refractivity contribution in [2.75, 3.05) is 0 Å². The fourth-order valence-electron chi connectivity index (χ4n) is 3.70. The number of para-hydroxylation sites is 1. The van der Waals surface area contributed by atoms with Crippen molar-refractivity contribution < 1.29 is 4.79 Å². The number of urea groups is 1. The Morgan fingerprint density at radius 1 is 1.11 bits per heavy atom. The van der Waals surface area contributed by atoms with E-state index in [2.05, 4.69) is 34.3 Å². The molecule has 2 amide bonds. The predicted octanol–water partition coefficient (Wildman–Crippen LogP) is 5.15. The summed E-state index contributed by atoms with van der Waals surface area (Å²) in [6.07, 6.45) is 2.05. The van der Waals surface area contributed by atoms with E-state index in [1.807, 2.05) is 61.2 Å². The van der Waals surface area contributed by atoms with Gasteiger partial charge in [-0.1, -0.05) is 41.9 Å². The van der Waals surface area contributed by atoms with Crippen LogP contribution in [0.1, 0.15) is 36.7 Å². The molecule has 0 saturated heterocycles. The molecule has 1 aromatic heterocycles. The van der Waals surface area contributed by atoms with Crippen molar-refractivity contribution >= 4 is 17.6 Å². The van der Waals surface area contributed by atoms with Crippen LogP contribution in [0, 0.1) is 0 Å². The van der Waals surface area contributed by atoms with Gasteiger partial charge in [0.15, 0.2) is 0 Å². The van der Waals surface area contributed by atoms with E-state index in [-0.39, 0.29) is 18.1 Å². The largest absolute Gasteiger partial charge is 0.336 e. The highest BCUT2D eigenvalue weighted by Crippen LogP contribution is 2.37. The van der Waals surface area contributed by atoms with Gasteiger partial charge < -0.3 is 14.8 Å². The predicted molar refractivity (Wildman–Crippen MR) is 108 cm³/mol. The minimum Gasteiger partial charge on any atom is -0.336 e. The molecule has 0 spiro atoms. The summed E-state index contributed by atoms with van der Waals surface area (Å²) in [6, 6.07) is 19.8. The summed E-state index contributed by atoms with van der Waals surface area (Å²) < 4.78 is 2.17. The summed E-state index contributed by atoms with van der Waals surface area (Å²) in [5, 5.41) is 3.72. The number of halogens is 1. The van der Waals surface area contributed by atoms with E-state index >= 15 is 0 Å². The van der Waals surface area contributed by atoms with Crippen LogP contribution in [0.5, 0.6) is 0 Å². The lowest BCUT2D eigenvalue weighted by Crippen LogP contribution is -2.44. The lowest BCUT2D eigenvalue weighted by atomic mass is 10.0. The summed E-state index contributed by atoms with van der Waals surface area (Å²) in [5.41, 5.74) is 4.25. The number of amides is 2. The van der Waals surface area contributed by atoms with Crippen molar-refractivity contribution in [1.82, 2.24) is 14.8 Å². The van der Waals surface area contributed by atoms with Crippen LogP contribution in [0.2, 0.25) is 5.02 Å². The first-order valence-corrected chi connectivity index (χ1v) is 9.50. The maximum Gasteiger partial charge on any atom is 0.318 e. The van der Waals surface area contributed by atoms with Crippen LogP contribution in [0.25, 0.3) is 5.69 Å². The molecule has 1 atom stereocenters. The Balaban J connectivity index is 1.91. The van der Waals surface area contributed by atoms with Gasteiger partial charge in [-0.25, -0.2) is 4.79 Å². The monoisotopic (exact) mass is 379 g/mol. The number of hydrogen-bond acceptors (Lipinski definition) is 1. The first-order chi connectivity index (χ1) is 13.0. The van der Waals surface area contributed by atoms with Gasteiger partial charge in [-0.2, -0.15) is 0 Å². The maximum absolute atomic E-state index is 13.1. The number of fused-ring (bicyclic) bond motifs is 3. The second kappa shape index (κ2) is 7.12. The average Bonchev–Trinajstić information content (AvgIpc) is 3.05. The van der Waals surface area contributed by atoms with Gasteiger partial charge in [0.05, 0.1) is 18.3 Å². The van der Waals surface area contributed by atoms with Crippen molar-refractivity contribution in [1.29, 1.82) is 0 Å². The van der Waals surface area contributed by atoms with Crippen LogP contribution in [-0.2, 0) is 6.54 Å². The van der Waals surface area contributed by atoms with E-state index in [4.69, 9.17) is 11.6 Å². The van der Waals surface area contributed by atoms with Gasteiger partial charge in [0.25, 0.3) is 0 Å². The van der Waals surface area contributed by atoms with Gasteiger partial charge in [0, 0.05) is 23.0 Å². The smallest absolute Gasteiger partial charge is 0.318 e. The molecular formula is C22H22ClN3O. The summed E-state index contributed by atoms with van der Waals surface area (Å²) in [4.78, 5) is 15.0. The summed E-state index contributed by atoms with van der Waals surface area (Å²) in [5.74, 6) is 0. The average molecular weight is 380 g/mol. The number of carbonyl (C=O) groups is 1. The summed E-state index contributed by atoms with van der Waals surface area (Å²) >= 11 is 6.28. The standard InChI is InChI=1S/C22H22ClN3O/c1-15(2)24-22(27)26-14-17-7-3-4-10-19(17)25-12-6-11-20(25)21(26)16-8-5-9-18(23)13-16/h3-13,15,21H,14H2,1-2H3,(H,24,27). The molecule has 3 aromatic rings. The first-order valence-electron chi connectivity index (χ1n) is 9.12. The molecular weight excluding hydrogens is 358 g/mol. The van der Waals surface area contributed by atoms with Crippen molar-refractivity contribution in [2.24, 2.45) is 0 Å². The third-order valence-corrected chi connectivity index (χ3v) is 5.04. The molecule has 1 N–H and O–H groups in total. The second-order valence-electron chi connectivity index (χ2n) is 7.12. The van der Waals surface area contributed by atoms with E-state index in [9.17, 15) is 4.79 Å². The molecule has 27 heavy (non-hydrogen) atoms.